The second-order valence-electron chi connectivity index (χ2n) is 6.86. The van der Waals surface area contributed by atoms with Gasteiger partial charge in [-0.25, -0.2) is 23.4 Å². The molecule has 1 aromatic heterocycles. The lowest BCUT2D eigenvalue weighted by molar-refractivity contribution is -0.110. The average Bonchev–Trinajstić information content (AvgIpc) is 3.02. The molecule has 0 unspecified atom stereocenters. The Balaban J connectivity index is 1.52. The van der Waals surface area contributed by atoms with Crippen molar-refractivity contribution in [3.63, 3.8) is 0 Å². The van der Waals surface area contributed by atoms with E-state index in [-0.39, 0.29) is 22.6 Å². The Morgan fingerprint density at radius 3 is 2.37 bits per heavy atom. The molecule has 1 aliphatic rings. The number of hydrogen-bond donors (Lipinski definition) is 2. The number of aromatic nitrogens is 2. The maximum Gasteiger partial charge on any atom is 0.275 e. The molecule has 3 aromatic rings. The number of aliphatic imine (C=N–C) groups is 1. The van der Waals surface area contributed by atoms with Gasteiger partial charge in [-0.05, 0) is 50.2 Å². The van der Waals surface area contributed by atoms with Crippen molar-refractivity contribution in [1.29, 1.82) is 0 Å². The van der Waals surface area contributed by atoms with E-state index >= 15 is 0 Å². The molecule has 1 aliphatic heterocycles. The number of carbonyl (C=O) groups is 1. The van der Waals surface area contributed by atoms with Crippen molar-refractivity contribution in [2.75, 3.05) is 16.5 Å². The number of hydrogen-bond acceptors (Lipinski definition) is 7. The molecule has 0 saturated carbocycles. The van der Waals surface area contributed by atoms with Crippen LogP contribution < -0.4 is 10.6 Å². The third kappa shape index (κ3) is 4.06. The van der Waals surface area contributed by atoms with E-state index in [1.54, 1.807) is 18.2 Å². The predicted molar refractivity (Wildman–Crippen MR) is 115 cm³/mol. The molecule has 2 aromatic carbocycles. The van der Waals surface area contributed by atoms with Gasteiger partial charge in [0.15, 0.2) is 9.84 Å². The fraction of sp³-hybridized carbons (Fsp3) is 0.143. The Bertz CT molecular complexity index is 1250. The van der Waals surface area contributed by atoms with Gasteiger partial charge < -0.3 is 10.6 Å². The zero-order valence-electron chi connectivity index (χ0n) is 16.4. The van der Waals surface area contributed by atoms with Crippen molar-refractivity contribution in [2.24, 2.45) is 4.99 Å². The molecule has 0 atom stereocenters. The molecule has 0 spiro atoms. The number of benzene rings is 2. The molecule has 30 heavy (non-hydrogen) atoms. The Morgan fingerprint density at radius 1 is 1.00 bits per heavy atom. The Kier molecular flexibility index (Phi) is 5.04. The molecule has 0 fully saturated rings. The molecule has 0 radical (unpaired) electrons. The minimum absolute atomic E-state index is 0.139. The summed E-state index contributed by atoms with van der Waals surface area (Å²) in [6.07, 6.45) is 0. The number of fused-ring (bicyclic) bond motifs is 1. The number of nitrogens with zero attached hydrogens (tertiary/aromatic N) is 3. The first kappa shape index (κ1) is 19.7. The smallest absolute Gasteiger partial charge is 0.275 e. The van der Waals surface area contributed by atoms with Crippen molar-refractivity contribution in [1.82, 2.24) is 9.97 Å². The summed E-state index contributed by atoms with van der Waals surface area (Å²) in [5, 5.41) is 5.52. The van der Waals surface area contributed by atoms with Crippen molar-refractivity contribution >= 4 is 38.8 Å². The highest BCUT2D eigenvalue weighted by molar-refractivity contribution is 7.91. The van der Waals surface area contributed by atoms with Crippen LogP contribution in [0.25, 0.3) is 0 Å². The molecule has 152 valence electrons. The summed E-state index contributed by atoms with van der Waals surface area (Å²) in [6, 6.07) is 15.2. The third-order valence-electron chi connectivity index (χ3n) is 4.48. The predicted octanol–water partition coefficient (Wildman–Crippen LogP) is 3.01. The first-order chi connectivity index (χ1) is 14.3. The maximum absolute atomic E-state index is 12.6. The maximum atomic E-state index is 12.6. The number of aryl methyl sites for hydroxylation is 2. The van der Waals surface area contributed by atoms with Crippen molar-refractivity contribution < 1.29 is 13.2 Å². The Morgan fingerprint density at radius 2 is 1.67 bits per heavy atom. The Labute approximate surface area is 174 Å². The second-order valence-corrected chi connectivity index (χ2v) is 8.85. The summed E-state index contributed by atoms with van der Waals surface area (Å²) >= 11 is 0. The monoisotopic (exact) mass is 421 g/mol. The topological polar surface area (TPSA) is 113 Å². The molecule has 9 heteroatoms. The highest BCUT2D eigenvalue weighted by Gasteiger charge is 2.25. The molecule has 0 bridgehead atoms. The number of rotatable bonds is 5. The van der Waals surface area contributed by atoms with E-state index in [4.69, 9.17) is 0 Å². The first-order valence-corrected chi connectivity index (χ1v) is 10.9. The Hall–Kier alpha value is -3.59. The largest absolute Gasteiger partial charge is 0.340 e. The van der Waals surface area contributed by atoms with Crippen LogP contribution in [0.2, 0.25) is 0 Å². The summed E-state index contributed by atoms with van der Waals surface area (Å²) in [5.41, 5.74) is 3.72. The minimum Gasteiger partial charge on any atom is -0.340 e. The van der Waals surface area contributed by atoms with Crippen LogP contribution in [-0.4, -0.2) is 35.9 Å². The second kappa shape index (κ2) is 7.68. The number of nitrogens with one attached hydrogen (secondary N) is 2. The quantitative estimate of drug-likeness (QED) is 0.655. The van der Waals surface area contributed by atoms with Gasteiger partial charge >= 0.3 is 0 Å². The molecule has 8 nitrogen and oxygen atoms in total. The van der Waals surface area contributed by atoms with Gasteiger partial charge in [0.1, 0.15) is 11.6 Å². The zero-order chi connectivity index (χ0) is 21.3. The summed E-state index contributed by atoms with van der Waals surface area (Å²) in [7, 11) is -3.61. The highest BCUT2D eigenvalue weighted by Crippen LogP contribution is 2.26. The van der Waals surface area contributed by atoms with Gasteiger partial charge in [-0.15, -0.1) is 0 Å². The van der Waals surface area contributed by atoms with Crippen molar-refractivity contribution in [3.8, 4) is 0 Å². The lowest BCUT2D eigenvalue weighted by Crippen LogP contribution is -2.16. The molecular formula is C21H19N5O3S. The van der Waals surface area contributed by atoms with Gasteiger partial charge in [0.2, 0.25) is 5.95 Å². The van der Waals surface area contributed by atoms with Crippen molar-refractivity contribution in [3.05, 3.63) is 71.5 Å². The summed E-state index contributed by atoms with van der Waals surface area (Å²) in [4.78, 5) is 25.1. The normalized spacial score (nSPS) is 14.5. The van der Waals surface area contributed by atoms with Crippen molar-refractivity contribution in [2.45, 2.75) is 18.7 Å². The fourth-order valence-corrected chi connectivity index (χ4v) is 4.15. The molecule has 2 heterocycles. The zero-order valence-corrected chi connectivity index (χ0v) is 17.2. The molecule has 0 saturated heterocycles. The van der Waals surface area contributed by atoms with Crippen LogP contribution in [0.5, 0.6) is 0 Å². The average molecular weight is 421 g/mol. The van der Waals surface area contributed by atoms with Crippen LogP contribution >= 0.6 is 0 Å². The van der Waals surface area contributed by atoms with Crippen LogP contribution in [0, 0.1) is 13.8 Å². The third-order valence-corrected chi connectivity index (χ3v) is 6.00. The molecular weight excluding hydrogens is 402 g/mol. The van der Waals surface area contributed by atoms with Gasteiger partial charge in [-0.1, -0.05) is 18.2 Å². The van der Waals surface area contributed by atoms with Gasteiger partial charge in [0.25, 0.3) is 5.91 Å². The minimum atomic E-state index is -3.61. The molecule has 4 rings (SSSR count). The summed E-state index contributed by atoms with van der Waals surface area (Å²) < 4.78 is 25.3. The number of amides is 1. The summed E-state index contributed by atoms with van der Waals surface area (Å²) in [5.74, 6) is -0.352. The number of anilines is 2. The fourth-order valence-electron chi connectivity index (χ4n) is 3.12. The number of carbonyl (C=O) groups excluding carboxylic acids is 1. The van der Waals surface area contributed by atoms with E-state index in [0.29, 0.717) is 17.1 Å². The van der Waals surface area contributed by atoms with E-state index in [1.165, 1.54) is 12.1 Å². The van der Waals surface area contributed by atoms with E-state index in [1.807, 2.05) is 38.1 Å². The van der Waals surface area contributed by atoms with Crippen LogP contribution in [-0.2, 0) is 14.6 Å². The van der Waals surface area contributed by atoms with E-state index in [2.05, 4.69) is 25.6 Å². The van der Waals surface area contributed by atoms with Gasteiger partial charge in [0.05, 0.1) is 16.3 Å². The van der Waals surface area contributed by atoms with Crippen LogP contribution in [0.15, 0.2) is 64.5 Å². The van der Waals surface area contributed by atoms with E-state index in [9.17, 15) is 13.2 Å². The van der Waals surface area contributed by atoms with E-state index in [0.717, 1.165) is 17.0 Å². The number of para-hydroxylation sites is 1. The van der Waals surface area contributed by atoms with Crippen LogP contribution in [0.3, 0.4) is 0 Å². The standard InChI is InChI=1S/C21H19N5O3S/c1-13-11-14(2)24-21(23-13)22-12-30(28,29)16-9-7-15(8-10-16)25-19-17-5-3-4-6-18(17)26-20(19)27/h3-11H,12H2,1-2H3,(H,22,23,24)(H,25,26,27). The SMILES string of the molecule is Cc1cc(C)nc(NCS(=O)(=O)c2ccc(N=C3C(=O)Nc4ccccc43)cc2)n1. The van der Waals surface area contributed by atoms with Gasteiger partial charge in [-0.2, -0.15) is 0 Å². The van der Waals surface area contributed by atoms with Crippen LogP contribution in [0.4, 0.5) is 17.3 Å². The lowest BCUT2D eigenvalue weighted by atomic mass is 10.1. The molecule has 2 N–H and O–H groups in total. The van der Waals surface area contributed by atoms with Crippen LogP contribution in [0.1, 0.15) is 17.0 Å². The lowest BCUT2D eigenvalue weighted by Gasteiger charge is -2.08. The number of sulfone groups is 1. The van der Waals surface area contributed by atoms with Gasteiger partial charge in [-0.3, -0.25) is 4.79 Å². The van der Waals surface area contributed by atoms with E-state index < -0.39 is 9.84 Å². The highest BCUT2D eigenvalue weighted by atomic mass is 32.2. The molecule has 1 amide bonds. The van der Waals surface area contributed by atoms with Gasteiger partial charge in [0, 0.05) is 17.0 Å². The summed E-state index contributed by atoms with van der Waals surface area (Å²) in [6.45, 7) is 3.63. The molecule has 0 aliphatic carbocycles. The first-order valence-electron chi connectivity index (χ1n) is 9.20.